The van der Waals surface area contributed by atoms with Crippen molar-refractivity contribution < 1.29 is 0 Å². The Balaban J connectivity index is 2.41. The summed E-state index contributed by atoms with van der Waals surface area (Å²) in [4.78, 5) is 4.28. The van der Waals surface area contributed by atoms with E-state index >= 15 is 0 Å². The van der Waals surface area contributed by atoms with Crippen LogP contribution in [0.25, 0.3) is 12.2 Å². The van der Waals surface area contributed by atoms with Crippen LogP contribution in [0.1, 0.15) is 48.7 Å². The van der Waals surface area contributed by atoms with Gasteiger partial charge in [0.15, 0.2) is 5.13 Å². The molecule has 2 aromatic rings. The standard InChI is InChI=1S/C17H22N2S/c1-4-12-9-13(5-2)16(14(6-3)10-12)8-7-15-11-20-17(18)19-15/h7-11H,4-6H2,1-3H3,(H2,18,19)/b8-7+. The van der Waals surface area contributed by atoms with E-state index in [4.69, 9.17) is 5.73 Å². The summed E-state index contributed by atoms with van der Waals surface area (Å²) in [6, 6.07) is 4.66. The van der Waals surface area contributed by atoms with E-state index in [1.807, 2.05) is 5.38 Å². The van der Waals surface area contributed by atoms with Gasteiger partial charge in [-0.15, -0.1) is 11.3 Å². The van der Waals surface area contributed by atoms with Crippen molar-refractivity contribution >= 4 is 28.6 Å². The molecule has 1 aromatic heterocycles. The fourth-order valence-electron chi connectivity index (χ4n) is 2.40. The van der Waals surface area contributed by atoms with Crippen LogP contribution in [0.2, 0.25) is 0 Å². The Kier molecular flexibility index (Phi) is 4.96. The van der Waals surface area contributed by atoms with Crippen LogP contribution < -0.4 is 5.73 Å². The highest BCUT2D eigenvalue weighted by Gasteiger charge is 2.06. The zero-order chi connectivity index (χ0) is 14.5. The minimum Gasteiger partial charge on any atom is -0.375 e. The van der Waals surface area contributed by atoms with E-state index in [2.05, 4.69) is 50.0 Å². The molecule has 0 bridgehead atoms. The number of nitrogens with zero attached hydrogens (tertiary/aromatic N) is 1. The summed E-state index contributed by atoms with van der Waals surface area (Å²) in [6.07, 6.45) is 7.45. The summed E-state index contributed by atoms with van der Waals surface area (Å²) in [5, 5.41) is 2.61. The van der Waals surface area contributed by atoms with Crippen LogP contribution in [0.15, 0.2) is 17.5 Å². The van der Waals surface area contributed by atoms with E-state index in [0.717, 1.165) is 25.0 Å². The molecule has 0 saturated heterocycles. The first-order chi connectivity index (χ1) is 9.67. The molecule has 0 aliphatic heterocycles. The third-order valence-corrected chi connectivity index (χ3v) is 4.23. The minimum absolute atomic E-state index is 0.623. The highest BCUT2D eigenvalue weighted by Crippen LogP contribution is 2.23. The van der Waals surface area contributed by atoms with Crippen LogP contribution in [0.4, 0.5) is 5.13 Å². The second-order valence-corrected chi connectivity index (χ2v) is 5.72. The SMILES string of the molecule is CCc1cc(CC)c(/C=C/c2csc(N)n2)c(CC)c1. The zero-order valence-electron chi connectivity index (χ0n) is 12.4. The summed E-state index contributed by atoms with van der Waals surface area (Å²) in [5.74, 6) is 0. The number of hydrogen-bond acceptors (Lipinski definition) is 3. The molecule has 0 aliphatic rings. The molecule has 2 N–H and O–H groups in total. The Morgan fingerprint density at radius 2 is 1.70 bits per heavy atom. The Hall–Kier alpha value is -1.61. The summed E-state index contributed by atoms with van der Waals surface area (Å²) in [6.45, 7) is 6.64. The molecule has 2 nitrogen and oxygen atoms in total. The summed E-state index contributed by atoms with van der Waals surface area (Å²) in [7, 11) is 0. The third-order valence-electron chi connectivity index (χ3n) is 3.54. The molecular weight excluding hydrogens is 264 g/mol. The van der Waals surface area contributed by atoms with Gasteiger partial charge in [-0.1, -0.05) is 39.0 Å². The summed E-state index contributed by atoms with van der Waals surface area (Å²) < 4.78 is 0. The largest absolute Gasteiger partial charge is 0.375 e. The summed E-state index contributed by atoms with van der Waals surface area (Å²) in [5.41, 5.74) is 12.2. The maximum atomic E-state index is 5.67. The molecule has 0 fully saturated rings. The molecule has 0 atom stereocenters. The molecule has 0 saturated carbocycles. The van der Waals surface area contributed by atoms with Gasteiger partial charge in [0.2, 0.25) is 0 Å². The first-order valence-corrected chi connectivity index (χ1v) is 8.09. The van der Waals surface area contributed by atoms with Crippen LogP contribution in [-0.4, -0.2) is 4.98 Å². The van der Waals surface area contributed by atoms with Crippen molar-refractivity contribution in [3.05, 3.63) is 45.5 Å². The second kappa shape index (κ2) is 6.71. The molecule has 20 heavy (non-hydrogen) atoms. The van der Waals surface area contributed by atoms with E-state index in [1.54, 1.807) is 0 Å². The van der Waals surface area contributed by atoms with Gasteiger partial charge < -0.3 is 5.73 Å². The van der Waals surface area contributed by atoms with E-state index in [-0.39, 0.29) is 0 Å². The fourth-order valence-corrected chi connectivity index (χ4v) is 2.93. The Morgan fingerprint density at radius 1 is 1.05 bits per heavy atom. The minimum atomic E-state index is 0.623. The smallest absolute Gasteiger partial charge is 0.180 e. The lowest BCUT2D eigenvalue weighted by Gasteiger charge is -2.12. The molecular formula is C17H22N2S. The predicted octanol–water partition coefficient (Wildman–Crippen LogP) is 4.58. The monoisotopic (exact) mass is 286 g/mol. The van der Waals surface area contributed by atoms with Gasteiger partial charge >= 0.3 is 0 Å². The van der Waals surface area contributed by atoms with Gasteiger partial charge in [0.1, 0.15) is 0 Å². The molecule has 0 spiro atoms. The number of hydrogen-bond donors (Lipinski definition) is 1. The van der Waals surface area contributed by atoms with Crippen LogP contribution in [0.3, 0.4) is 0 Å². The van der Waals surface area contributed by atoms with Gasteiger partial charge in [-0.2, -0.15) is 0 Å². The molecule has 2 rings (SSSR count). The first kappa shape index (κ1) is 14.8. The molecule has 1 aromatic carbocycles. The molecule has 0 radical (unpaired) electrons. The van der Waals surface area contributed by atoms with Gasteiger partial charge in [-0.3, -0.25) is 0 Å². The lowest BCUT2D eigenvalue weighted by molar-refractivity contribution is 1.04. The molecule has 1 heterocycles. The average Bonchev–Trinajstić information content (AvgIpc) is 2.89. The number of anilines is 1. The van der Waals surface area contributed by atoms with Gasteiger partial charge in [-0.05, 0) is 47.6 Å². The Labute approximate surface area is 125 Å². The van der Waals surface area contributed by atoms with Crippen LogP contribution in [0, 0.1) is 0 Å². The van der Waals surface area contributed by atoms with Gasteiger partial charge in [0.05, 0.1) is 5.69 Å². The van der Waals surface area contributed by atoms with Crippen molar-refractivity contribution in [3.8, 4) is 0 Å². The number of nitrogens with two attached hydrogens (primary N) is 1. The van der Waals surface area contributed by atoms with E-state index in [1.165, 1.54) is 33.6 Å². The predicted molar refractivity (Wildman–Crippen MR) is 90.0 cm³/mol. The Morgan fingerprint density at radius 3 is 2.15 bits per heavy atom. The van der Waals surface area contributed by atoms with Crippen molar-refractivity contribution in [2.75, 3.05) is 5.73 Å². The topological polar surface area (TPSA) is 38.9 Å². The average molecular weight is 286 g/mol. The normalized spacial score (nSPS) is 11.3. The number of benzene rings is 1. The zero-order valence-corrected chi connectivity index (χ0v) is 13.3. The number of aromatic nitrogens is 1. The third kappa shape index (κ3) is 3.28. The summed E-state index contributed by atoms with van der Waals surface area (Å²) >= 11 is 1.48. The van der Waals surface area contributed by atoms with Crippen LogP contribution in [-0.2, 0) is 19.3 Å². The van der Waals surface area contributed by atoms with Gasteiger partial charge in [0.25, 0.3) is 0 Å². The van der Waals surface area contributed by atoms with E-state index in [0.29, 0.717) is 5.13 Å². The molecule has 106 valence electrons. The number of nitrogen functional groups attached to an aromatic ring is 1. The molecule has 3 heteroatoms. The van der Waals surface area contributed by atoms with Gasteiger partial charge in [-0.25, -0.2) is 4.98 Å². The molecule has 0 amide bonds. The highest BCUT2D eigenvalue weighted by atomic mass is 32.1. The Bertz CT molecular complexity index is 586. The van der Waals surface area contributed by atoms with E-state index < -0.39 is 0 Å². The lowest BCUT2D eigenvalue weighted by atomic mass is 9.93. The lowest BCUT2D eigenvalue weighted by Crippen LogP contribution is -1.97. The van der Waals surface area contributed by atoms with E-state index in [9.17, 15) is 0 Å². The van der Waals surface area contributed by atoms with Crippen molar-refractivity contribution in [1.82, 2.24) is 4.98 Å². The van der Waals surface area contributed by atoms with Crippen molar-refractivity contribution in [2.24, 2.45) is 0 Å². The van der Waals surface area contributed by atoms with Crippen LogP contribution in [0.5, 0.6) is 0 Å². The van der Waals surface area contributed by atoms with Crippen molar-refractivity contribution in [2.45, 2.75) is 40.0 Å². The molecule has 0 unspecified atom stereocenters. The van der Waals surface area contributed by atoms with Gasteiger partial charge in [0, 0.05) is 5.38 Å². The first-order valence-electron chi connectivity index (χ1n) is 7.21. The number of rotatable bonds is 5. The quantitative estimate of drug-likeness (QED) is 0.873. The molecule has 0 aliphatic carbocycles. The number of thiazole rings is 1. The number of aryl methyl sites for hydroxylation is 3. The fraction of sp³-hybridized carbons (Fsp3) is 0.353. The second-order valence-electron chi connectivity index (χ2n) is 4.83. The van der Waals surface area contributed by atoms with Crippen LogP contribution >= 0.6 is 11.3 Å². The maximum Gasteiger partial charge on any atom is 0.180 e. The van der Waals surface area contributed by atoms with Crippen molar-refractivity contribution in [1.29, 1.82) is 0 Å². The highest BCUT2D eigenvalue weighted by molar-refractivity contribution is 7.13. The van der Waals surface area contributed by atoms with Crippen molar-refractivity contribution in [3.63, 3.8) is 0 Å². The maximum absolute atomic E-state index is 5.67.